The maximum atomic E-state index is 14.6. The number of carbonyl (C=O) groups excluding carboxylic acids is 1. The van der Waals surface area contributed by atoms with E-state index in [1.54, 1.807) is 18.2 Å². The fourth-order valence-electron chi connectivity index (χ4n) is 3.65. The number of hydrogen-bond acceptors (Lipinski definition) is 7. The Morgan fingerprint density at radius 2 is 1.86 bits per heavy atom. The SMILES string of the molecule is NC(=O)c1cc(F)c(N[C@@H]2CCCC[C@@H]2N)nc1Nc1ccc2c(c1)OCCO2. The van der Waals surface area contributed by atoms with Crippen LogP contribution in [0.4, 0.5) is 21.7 Å². The molecule has 2 aliphatic rings. The van der Waals surface area contributed by atoms with Crippen molar-refractivity contribution in [1.82, 2.24) is 4.98 Å². The summed E-state index contributed by atoms with van der Waals surface area (Å²) in [4.78, 5) is 16.1. The first-order valence-electron chi connectivity index (χ1n) is 9.70. The topological polar surface area (TPSA) is 125 Å². The third kappa shape index (κ3) is 4.19. The smallest absolute Gasteiger partial charge is 0.252 e. The lowest BCUT2D eigenvalue weighted by molar-refractivity contribution is 0.100. The molecule has 0 unspecified atom stereocenters. The molecule has 0 radical (unpaired) electrons. The Morgan fingerprint density at radius 3 is 2.62 bits per heavy atom. The van der Waals surface area contributed by atoms with Crippen LogP contribution >= 0.6 is 0 Å². The minimum absolute atomic E-state index is 0.0393. The van der Waals surface area contributed by atoms with Gasteiger partial charge in [0.05, 0.1) is 5.56 Å². The van der Waals surface area contributed by atoms with Crippen molar-refractivity contribution in [2.45, 2.75) is 37.8 Å². The highest BCUT2D eigenvalue weighted by Gasteiger charge is 2.24. The van der Waals surface area contributed by atoms with Gasteiger partial charge in [-0.25, -0.2) is 9.37 Å². The number of fused-ring (bicyclic) bond motifs is 1. The second-order valence-electron chi connectivity index (χ2n) is 7.26. The van der Waals surface area contributed by atoms with Crippen LogP contribution in [0.2, 0.25) is 0 Å². The second-order valence-corrected chi connectivity index (χ2v) is 7.26. The third-order valence-electron chi connectivity index (χ3n) is 5.19. The van der Waals surface area contributed by atoms with E-state index >= 15 is 0 Å². The maximum Gasteiger partial charge on any atom is 0.252 e. The summed E-state index contributed by atoms with van der Waals surface area (Å²) in [5.41, 5.74) is 12.1. The molecule has 0 saturated heterocycles. The number of benzene rings is 1. The van der Waals surface area contributed by atoms with Gasteiger partial charge in [-0.2, -0.15) is 0 Å². The van der Waals surface area contributed by atoms with Crippen LogP contribution in [0.1, 0.15) is 36.0 Å². The fourth-order valence-corrected chi connectivity index (χ4v) is 3.65. The average Bonchev–Trinajstić information content (AvgIpc) is 2.71. The second kappa shape index (κ2) is 8.12. The minimum atomic E-state index is -0.780. The number of primary amides is 1. The summed E-state index contributed by atoms with van der Waals surface area (Å²) in [6.45, 7) is 0.941. The number of hydrogen-bond donors (Lipinski definition) is 4. The molecule has 1 amide bonds. The number of nitrogens with one attached hydrogen (secondary N) is 2. The quantitative estimate of drug-likeness (QED) is 0.607. The van der Waals surface area contributed by atoms with E-state index in [2.05, 4.69) is 15.6 Å². The molecule has 1 aliphatic heterocycles. The van der Waals surface area contributed by atoms with Crippen molar-refractivity contribution in [3.63, 3.8) is 0 Å². The predicted molar refractivity (Wildman–Crippen MR) is 107 cm³/mol. The third-order valence-corrected chi connectivity index (χ3v) is 5.19. The van der Waals surface area contributed by atoms with E-state index in [0.717, 1.165) is 31.7 Å². The first-order valence-corrected chi connectivity index (χ1v) is 9.70. The molecule has 2 aromatic rings. The highest BCUT2D eigenvalue weighted by molar-refractivity contribution is 5.98. The Labute approximate surface area is 167 Å². The highest BCUT2D eigenvalue weighted by Crippen LogP contribution is 2.34. The van der Waals surface area contributed by atoms with Gasteiger partial charge in [-0.05, 0) is 31.0 Å². The number of pyridine rings is 1. The van der Waals surface area contributed by atoms with Gasteiger partial charge in [-0.15, -0.1) is 0 Å². The largest absolute Gasteiger partial charge is 0.486 e. The van der Waals surface area contributed by atoms with Crippen LogP contribution in [0.25, 0.3) is 0 Å². The Bertz CT molecular complexity index is 923. The number of nitrogens with zero attached hydrogens (tertiary/aromatic N) is 1. The van der Waals surface area contributed by atoms with E-state index in [0.29, 0.717) is 30.4 Å². The number of anilines is 3. The van der Waals surface area contributed by atoms with Crippen LogP contribution in [-0.2, 0) is 0 Å². The van der Waals surface area contributed by atoms with Gasteiger partial charge in [-0.1, -0.05) is 12.8 Å². The molecule has 29 heavy (non-hydrogen) atoms. The molecule has 0 spiro atoms. The lowest BCUT2D eigenvalue weighted by Crippen LogP contribution is -2.43. The zero-order valence-electron chi connectivity index (χ0n) is 15.9. The van der Waals surface area contributed by atoms with Gasteiger partial charge in [0.15, 0.2) is 23.1 Å². The summed E-state index contributed by atoms with van der Waals surface area (Å²) in [6.07, 6.45) is 3.80. The van der Waals surface area contributed by atoms with Gasteiger partial charge in [0.2, 0.25) is 0 Å². The normalized spacial score (nSPS) is 20.8. The van der Waals surface area contributed by atoms with Crippen molar-refractivity contribution in [2.24, 2.45) is 11.5 Å². The maximum absolute atomic E-state index is 14.6. The summed E-state index contributed by atoms with van der Waals surface area (Å²) in [5.74, 6) is -0.0188. The van der Waals surface area contributed by atoms with Crippen molar-refractivity contribution in [1.29, 1.82) is 0 Å². The Kier molecular flexibility index (Phi) is 5.39. The van der Waals surface area contributed by atoms with Crippen LogP contribution in [0.3, 0.4) is 0 Å². The number of amides is 1. The summed E-state index contributed by atoms with van der Waals surface area (Å²) < 4.78 is 25.7. The summed E-state index contributed by atoms with van der Waals surface area (Å²) in [5, 5.41) is 6.13. The summed E-state index contributed by atoms with van der Waals surface area (Å²) in [6, 6.07) is 6.18. The standard InChI is InChI=1S/C20H24FN5O3/c21-13-10-12(18(23)27)19(26-20(13)25-15-4-2-1-3-14(15)22)24-11-5-6-16-17(9-11)29-8-7-28-16/h5-6,9-10,14-15H,1-4,7-8,22H2,(H2,23,27)(H2,24,25,26)/t14-,15+/m0/s1. The number of aromatic nitrogens is 1. The number of nitrogens with two attached hydrogens (primary N) is 2. The molecule has 1 saturated carbocycles. The number of halogens is 1. The van der Waals surface area contributed by atoms with Gasteiger partial charge in [0.1, 0.15) is 19.0 Å². The molecule has 9 heteroatoms. The molecule has 6 N–H and O–H groups in total. The van der Waals surface area contributed by atoms with E-state index < -0.39 is 11.7 Å². The molecule has 2 atom stereocenters. The van der Waals surface area contributed by atoms with Gasteiger partial charge in [-0.3, -0.25) is 4.79 Å². The molecule has 1 aromatic carbocycles. The van der Waals surface area contributed by atoms with E-state index in [1.807, 2.05) is 0 Å². The summed E-state index contributed by atoms with van der Waals surface area (Å²) in [7, 11) is 0. The van der Waals surface area contributed by atoms with Crippen LogP contribution < -0.4 is 31.6 Å². The van der Waals surface area contributed by atoms with Crippen LogP contribution in [0, 0.1) is 5.82 Å². The zero-order valence-corrected chi connectivity index (χ0v) is 15.9. The van der Waals surface area contributed by atoms with Gasteiger partial charge >= 0.3 is 0 Å². The van der Waals surface area contributed by atoms with Crippen molar-refractivity contribution < 1.29 is 18.7 Å². The average molecular weight is 401 g/mol. The van der Waals surface area contributed by atoms with Crippen LogP contribution in [0.5, 0.6) is 11.5 Å². The molecular weight excluding hydrogens is 377 g/mol. The minimum Gasteiger partial charge on any atom is -0.486 e. The summed E-state index contributed by atoms with van der Waals surface area (Å²) >= 11 is 0. The van der Waals surface area contributed by atoms with Crippen molar-refractivity contribution in [2.75, 3.05) is 23.8 Å². The molecule has 1 aliphatic carbocycles. The molecule has 2 heterocycles. The van der Waals surface area contributed by atoms with E-state index in [4.69, 9.17) is 20.9 Å². The number of carbonyl (C=O) groups is 1. The Balaban J connectivity index is 1.63. The van der Waals surface area contributed by atoms with Gasteiger partial charge < -0.3 is 31.6 Å². The molecule has 1 aromatic heterocycles. The van der Waals surface area contributed by atoms with Gasteiger partial charge in [0.25, 0.3) is 5.91 Å². The van der Waals surface area contributed by atoms with Crippen molar-refractivity contribution >= 4 is 23.2 Å². The molecular formula is C20H24FN5O3. The Morgan fingerprint density at radius 1 is 1.10 bits per heavy atom. The molecule has 8 nitrogen and oxygen atoms in total. The number of ether oxygens (including phenoxy) is 2. The fraction of sp³-hybridized carbons (Fsp3) is 0.400. The van der Waals surface area contributed by atoms with Crippen molar-refractivity contribution in [3.8, 4) is 11.5 Å². The van der Waals surface area contributed by atoms with E-state index in [1.165, 1.54) is 0 Å². The highest BCUT2D eigenvalue weighted by atomic mass is 19.1. The van der Waals surface area contributed by atoms with Crippen LogP contribution in [-0.4, -0.2) is 36.2 Å². The first-order chi connectivity index (χ1) is 14.0. The van der Waals surface area contributed by atoms with E-state index in [9.17, 15) is 9.18 Å². The van der Waals surface area contributed by atoms with E-state index in [-0.39, 0.29) is 29.3 Å². The first kappa shape index (κ1) is 19.3. The Hall–Kier alpha value is -3.07. The van der Waals surface area contributed by atoms with Crippen LogP contribution in [0.15, 0.2) is 24.3 Å². The van der Waals surface area contributed by atoms with Crippen molar-refractivity contribution in [3.05, 3.63) is 35.6 Å². The molecule has 4 rings (SSSR count). The molecule has 1 fully saturated rings. The lowest BCUT2D eigenvalue weighted by Gasteiger charge is -2.30. The lowest BCUT2D eigenvalue weighted by atomic mass is 9.91. The molecule has 154 valence electrons. The molecule has 0 bridgehead atoms. The predicted octanol–water partition coefficient (Wildman–Crippen LogP) is 2.52. The number of rotatable bonds is 5. The monoisotopic (exact) mass is 401 g/mol. The van der Waals surface area contributed by atoms with Gasteiger partial charge in [0, 0.05) is 23.8 Å². The zero-order chi connectivity index (χ0) is 20.4.